The van der Waals surface area contributed by atoms with E-state index in [1.807, 2.05) is 0 Å². The summed E-state index contributed by atoms with van der Waals surface area (Å²) < 4.78 is 38.7. The number of rotatable bonds is 4. The normalized spacial score (nSPS) is 11.1. The summed E-state index contributed by atoms with van der Waals surface area (Å²) in [7, 11) is -2.73. The van der Waals surface area contributed by atoms with Gasteiger partial charge in [-0.15, -0.1) is 0 Å². The average molecular weight is 310 g/mol. The van der Waals surface area contributed by atoms with Crippen molar-refractivity contribution in [2.45, 2.75) is 5.03 Å². The summed E-state index contributed by atoms with van der Waals surface area (Å²) in [6, 6.07) is 7.33. The quantitative estimate of drug-likeness (QED) is 0.929. The fourth-order valence-corrected chi connectivity index (χ4v) is 2.71. The molecule has 0 amide bonds. The Kier molecular flexibility index (Phi) is 3.90. The average Bonchev–Trinajstić information content (AvgIpc) is 2.46. The van der Waals surface area contributed by atoms with Gasteiger partial charge in [0.2, 0.25) is 0 Å². The predicted molar refractivity (Wildman–Crippen MR) is 73.2 cm³/mol. The molecule has 6 nitrogen and oxygen atoms in total. The number of carbonyl (C=O) groups is 1. The number of pyridine rings is 1. The first-order valence-corrected chi connectivity index (χ1v) is 7.20. The molecule has 1 aromatic carbocycles. The number of hydrogen-bond donors (Lipinski definition) is 1. The van der Waals surface area contributed by atoms with Crippen molar-refractivity contribution >= 4 is 21.7 Å². The number of halogens is 1. The van der Waals surface area contributed by atoms with E-state index in [9.17, 15) is 17.6 Å². The van der Waals surface area contributed by atoms with Gasteiger partial charge in [-0.05, 0) is 30.3 Å². The van der Waals surface area contributed by atoms with Crippen LogP contribution in [0.2, 0.25) is 0 Å². The van der Waals surface area contributed by atoms with E-state index >= 15 is 0 Å². The molecule has 0 unspecified atom stereocenters. The largest absolute Gasteiger partial charge is 0.478 e. The van der Waals surface area contributed by atoms with Crippen LogP contribution >= 0.6 is 0 Å². The van der Waals surface area contributed by atoms with Crippen molar-refractivity contribution in [1.82, 2.24) is 4.98 Å². The third-order valence-corrected chi connectivity index (χ3v) is 4.48. The highest BCUT2D eigenvalue weighted by Gasteiger charge is 2.23. The van der Waals surface area contributed by atoms with Crippen LogP contribution in [0.1, 0.15) is 10.4 Å². The number of nitrogens with zero attached hydrogens (tertiary/aromatic N) is 2. The maximum Gasteiger partial charge on any atom is 0.337 e. The lowest BCUT2D eigenvalue weighted by Crippen LogP contribution is -2.27. The Hall–Kier alpha value is -2.48. The predicted octanol–water partition coefficient (Wildman–Crippen LogP) is 1.74. The van der Waals surface area contributed by atoms with Crippen molar-refractivity contribution in [2.24, 2.45) is 0 Å². The van der Waals surface area contributed by atoms with Crippen molar-refractivity contribution in [3.8, 4) is 0 Å². The standard InChI is InChI=1S/C13H11FN2O4S/c1-16(11-4-2-3-10(14)7-11)21(19,20)12-6-5-9(8-15-12)13(17)18/h2-8H,1H3,(H,17,18). The van der Waals surface area contributed by atoms with Crippen LogP contribution in [0.5, 0.6) is 0 Å². The number of anilines is 1. The number of aromatic carboxylic acids is 1. The van der Waals surface area contributed by atoms with Crippen LogP contribution in [0.4, 0.5) is 10.1 Å². The van der Waals surface area contributed by atoms with Crippen molar-refractivity contribution in [1.29, 1.82) is 0 Å². The van der Waals surface area contributed by atoms with Crippen molar-refractivity contribution in [2.75, 3.05) is 11.4 Å². The second-order valence-electron chi connectivity index (χ2n) is 4.14. The van der Waals surface area contributed by atoms with E-state index < -0.39 is 21.8 Å². The molecule has 0 saturated carbocycles. The number of carboxylic acid groups (broad SMARTS) is 1. The van der Waals surface area contributed by atoms with Crippen molar-refractivity contribution in [3.63, 3.8) is 0 Å². The summed E-state index contributed by atoms with van der Waals surface area (Å²) in [4.78, 5) is 14.3. The summed E-state index contributed by atoms with van der Waals surface area (Å²) in [5.41, 5.74) is 0.0152. The van der Waals surface area contributed by atoms with Gasteiger partial charge in [0.05, 0.1) is 11.3 Å². The van der Waals surface area contributed by atoms with Gasteiger partial charge in [0.1, 0.15) is 5.82 Å². The van der Waals surface area contributed by atoms with Crippen LogP contribution in [0.25, 0.3) is 0 Å². The van der Waals surface area contributed by atoms with Crippen molar-refractivity contribution < 1.29 is 22.7 Å². The molecular formula is C13H11FN2O4S. The Morgan fingerprint density at radius 1 is 1.29 bits per heavy atom. The van der Waals surface area contributed by atoms with Crippen LogP contribution in [0, 0.1) is 5.82 Å². The second-order valence-corrected chi connectivity index (χ2v) is 6.06. The molecule has 0 atom stereocenters. The number of carboxylic acids is 1. The molecule has 0 spiro atoms. The molecule has 0 bridgehead atoms. The molecule has 2 rings (SSSR count). The first-order chi connectivity index (χ1) is 9.82. The van der Waals surface area contributed by atoms with Gasteiger partial charge in [-0.3, -0.25) is 4.31 Å². The van der Waals surface area contributed by atoms with Crippen LogP contribution in [0.3, 0.4) is 0 Å². The molecule has 0 radical (unpaired) electrons. The molecule has 1 heterocycles. The molecule has 8 heteroatoms. The van der Waals surface area contributed by atoms with Crippen LogP contribution in [-0.4, -0.2) is 31.5 Å². The van der Waals surface area contributed by atoms with Crippen LogP contribution in [0.15, 0.2) is 47.6 Å². The molecular weight excluding hydrogens is 299 g/mol. The number of sulfonamides is 1. The third-order valence-electron chi connectivity index (χ3n) is 2.78. The Balaban J connectivity index is 2.39. The Bertz CT molecular complexity index is 775. The molecule has 2 aromatic rings. The smallest absolute Gasteiger partial charge is 0.337 e. The van der Waals surface area contributed by atoms with Gasteiger partial charge in [0, 0.05) is 13.2 Å². The highest BCUT2D eigenvalue weighted by Crippen LogP contribution is 2.21. The number of benzene rings is 1. The maximum atomic E-state index is 13.2. The van der Waals surface area contributed by atoms with Gasteiger partial charge in [-0.1, -0.05) is 6.07 Å². The SMILES string of the molecule is CN(c1cccc(F)c1)S(=O)(=O)c1ccc(C(=O)O)cn1. The monoisotopic (exact) mass is 310 g/mol. The van der Waals surface area contributed by atoms with Gasteiger partial charge in [-0.2, -0.15) is 8.42 Å². The molecule has 110 valence electrons. The molecule has 0 aliphatic rings. The Morgan fingerprint density at radius 3 is 2.52 bits per heavy atom. The molecule has 1 aromatic heterocycles. The maximum absolute atomic E-state index is 13.2. The van der Waals surface area contributed by atoms with Gasteiger partial charge in [0.15, 0.2) is 5.03 Å². The lowest BCUT2D eigenvalue weighted by atomic mass is 10.3. The van der Waals surface area contributed by atoms with E-state index in [2.05, 4.69) is 4.98 Å². The van der Waals surface area contributed by atoms with E-state index in [1.54, 1.807) is 0 Å². The summed E-state index contributed by atoms with van der Waals surface area (Å²) in [6.45, 7) is 0. The van der Waals surface area contributed by atoms with Crippen molar-refractivity contribution in [3.05, 3.63) is 54.0 Å². The zero-order valence-electron chi connectivity index (χ0n) is 10.9. The van der Waals surface area contributed by atoms with Crippen LogP contribution in [-0.2, 0) is 10.0 Å². The Morgan fingerprint density at radius 2 is 2.00 bits per heavy atom. The minimum atomic E-state index is -3.99. The summed E-state index contributed by atoms with van der Waals surface area (Å²) in [5, 5.41) is 8.43. The number of aromatic nitrogens is 1. The van der Waals surface area contributed by atoms with E-state index in [1.165, 1.54) is 25.2 Å². The molecule has 1 N–H and O–H groups in total. The molecule has 0 aliphatic heterocycles. The summed E-state index contributed by atoms with van der Waals surface area (Å²) >= 11 is 0. The van der Waals surface area contributed by atoms with Gasteiger partial charge in [0.25, 0.3) is 10.0 Å². The van der Waals surface area contributed by atoms with E-state index in [4.69, 9.17) is 5.11 Å². The lowest BCUT2D eigenvalue weighted by molar-refractivity contribution is 0.0696. The van der Waals surface area contributed by atoms with Gasteiger partial charge < -0.3 is 5.11 Å². The summed E-state index contributed by atoms with van der Waals surface area (Å²) in [5.74, 6) is -1.77. The minimum absolute atomic E-state index is 0.123. The molecule has 0 fully saturated rings. The lowest BCUT2D eigenvalue weighted by Gasteiger charge is -2.18. The zero-order chi connectivity index (χ0) is 15.6. The first kappa shape index (κ1) is 14.9. The Labute approximate surface area is 120 Å². The zero-order valence-corrected chi connectivity index (χ0v) is 11.7. The van der Waals surface area contributed by atoms with Crippen LogP contribution < -0.4 is 4.31 Å². The van der Waals surface area contributed by atoms with E-state index in [-0.39, 0.29) is 16.3 Å². The minimum Gasteiger partial charge on any atom is -0.478 e. The highest BCUT2D eigenvalue weighted by atomic mass is 32.2. The van der Waals surface area contributed by atoms with Gasteiger partial charge >= 0.3 is 5.97 Å². The summed E-state index contributed by atoms with van der Waals surface area (Å²) in [6.07, 6.45) is 0.953. The number of hydrogen-bond acceptors (Lipinski definition) is 4. The molecule has 0 saturated heterocycles. The fraction of sp³-hybridized carbons (Fsp3) is 0.0769. The first-order valence-electron chi connectivity index (χ1n) is 5.76. The van der Waals surface area contributed by atoms with Gasteiger partial charge in [-0.25, -0.2) is 14.2 Å². The van der Waals surface area contributed by atoms with E-state index in [0.717, 1.165) is 28.7 Å². The molecule has 0 aliphatic carbocycles. The fourth-order valence-electron chi connectivity index (χ4n) is 1.61. The highest BCUT2D eigenvalue weighted by molar-refractivity contribution is 7.92. The topological polar surface area (TPSA) is 87.6 Å². The second kappa shape index (κ2) is 5.49. The van der Waals surface area contributed by atoms with E-state index in [0.29, 0.717) is 0 Å². The third kappa shape index (κ3) is 3.00. The molecule has 21 heavy (non-hydrogen) atoms.